The van der Waals surface area contributed by atoms with Crippen LogP contribution in [0.15, 0.2) is 53.3 Å². The van der Waals surface area contributed by atoms with Gasteiger partial charge in [0.1, 0.15) is 0 Å². The molecule has 2 aromatic heterocycles. The van der Waals surface area contributed by atoms with E-state index >= 15 is 0 Å². The maximum Gasteiger partial charge on any atom is 0.273 e. The number of carbonyl (C=O) groups excluding carboxylic acids is 1. The number of hydrogen-bond donors (Lipinski definition) is 1. The van der Waals surface area contributed by atoms with Crippen molar-refractivity contribution in [2.24, 2.45) is 5.92 Å². The van der Waals surface area contributed by atoms with Crippen molar-refractivity contribution in [3.63, 3.8) is 0 Å². The zero-order chi connectivity index (χ0) is 21.5. The van der Waals surface area contributed by atoms with Crippen LogP contribution in [0.4, 0.5) is 0 Å². The third-order valence-corrected chi connectivity index (χ3v) is 4.70. The maximum atomic E-state index is 12.6. The smallest absolute Gasteiger partial charge is 0.273 e. The van der Waals surface area contributed by atoms with E-state index in [2.05, 4.69) is 29.3 Å². The summed E-state index contributed by atoms with van der Waals surface area (Å²) in [7, 11) is 1.60. The summed E-state index contributed by atoms with van der Waals surface area (Å²) in [5.74, 6) is 2.10. The van der Waals surface area contributed by atoms with Crippen LogP contribution in [-0.2, 0) is 0 Å². The molecule has 0 bridgehead atoms. The van der Waals surface area contributed by atoms with Gasteiger partial charge >= 0.3 is 0 Å². The molecule has 0 saturated heterocycles. The molecule has 158 valence electrons. The Labute approximate surface area is 176 Å². The number of benzene rings is 1. The van der Waals surface area contributed by atoms with Gasteiger partial charge < -0.3 is 19.3 Å². The first-order valence-corrected chi connectivity index (χ1v) is 9.96. The fourth-order valence-corrected chi connectivity index (χ4v) is 2.87. The molecule has 1 amide bonds. The van der Waals surface area contributed by atoms with E-state index in [4.69, 9.17) is 14.0 Å². The average molecular weight is 409 g/mol. The number of hydrogen-bond acceptors (Lipinski definition) is 6. The normalized spacial score (nSPS) is 11.9. The first-order valence-electron chi connectivity index (χ1n) is 9.96. The second-order valence-electron chi connectivity index (χ2n) is 7.45. The quantitative estimate of drug-likeness (QED) is 0.553. The lowest BCUT2D eigenvalue weighted by Gasteiger charge is -2.17. The van der Waals surface area contributed by atoms with E-state index in [9.17, 15) is 4.79 Å². The molecule has 7 nitrogen and oxygen atoms in total. The van der Waals surface area contributed by atoms with Crippen molar-refractivity contribution in [1.29, 1.82) is 0 Å². The van der Waals surface area contributed by atoms with Gasteiger partial charge in [0.25, 0.3) is 5.91 Å². The molecule has 1 N–H and O–H groups in total. The predicted molar refractivity (Wildman–Crippen MR) is 114 cm³/mol. The predicted octanol–water partition coefficient (Wildman–Crippen LogP) is 4.66. The summed E-state index contributed by atoms with van der Waals surface area (Å²) in [4.78, 5) is 16.6. The maximum absolute atomic E-state index is 12.6. The second kappa shape index (κ2) is 9.91. The number of aromatic nitrogens is 2. The molecule has 3 aromatic rings. The Balaban J connectivity index is 1.66. The first-order chi connectivity index (χ1) is 14.5. The Kier molecular flexibility index (Phi) is 7.06. The number of rotatable bonds is 9. The van der Waals surface area contributed by atoms with Crippen LogP contribution in [0.2, 0.25) is 0 Å². The second-order valence-corrected chi connectivity index (χ2v) is 7.45. The third kappa shape index (κ3) is 5.37. The monoisotopic (exact) mass is 409 g/mol. The van der Waals surface area contributed by atoms with Crippen LogP contribution in [0.3, 0.4) is 0 Å². The van der Waals surface area contributed by atoms with Crippen LogP contribution in [0.1, 0.15) is 49.3 Å². The standard InChI is InChI=1S/C23H27N3O4/c1-15(2)9-12-29-20-6-5-18(13-22(20)28-4)16(3)25-23(27)19-14-21(30-26-19)17-7-10-24-11-8-17/h5-8,10-11,13-16H,9,12H2,1-4H3,(H,25,27). The van der Waals surface area contributed by atoms with Crippen LogP contribution in [0.25, 0.3) is 11.3 Å². The highest BCUT2D eigenvalue weighted by atomic mass is 16.5. The number of nitrogens with one attached hydrogen (secondary N) is 1. The fourth-order valence-electron chi connectivity index (χ4n) is 2.87. The van der Waals surface area contributed by atoms with Gasteiger partial charge in [-0.2, -0.15) is 0 Å². The highest BCUT2D eigenvalue weighted by Gasteiger charge is 2.18. The average Bonchev–Trinajstić information content (AvgIpc) is 3.24. The Morgan fingerprint density at radius 1 is 1.10 bits per heavy atom. The molecule has 0 radical (unpaired) electrons. The number of methoxy groups -OCH3 is 1. The Morgan fingerprint density at radius 2 is 1.87 bits per heavy atom. The van der Waals surface area contributed by atoms with E-state index in [1.807, 2.05) is 25.1 Å². The van der Waals surface area contributed by atoms with Gasteiger partial charge in [0.05, 0.1) is 19.8 Å². The first kappa shape index (κ1) is 21.4. The van der Waals surface area contributed by atoms with Crippen molar-refractivity contribution >= 4 is 5.91 Å². The topological polar surface area (TPSA) is 86.5 Å². The largest absolute Gasteiger partial charge is 0.493 e. The van der Waals surface area contributed by atoms with Gasteiger partial charge in [-0.25, -0.2) is 0 Å². The molecule has 0 aliphatic rings. The molecular formula is C23H27N3O4. The molecule has 0 aliphatic heterocycles. The van der Waals surface area contributed by atoms with Gasteiger partial charge in [-0.15, -0.1) is 0 Å². The van der Waals surface area contributed by atoms with Crippen LogP contribution in [0, 0.1) is 5.92 Å². The van der Waals surface area contributed by atoms with Crippen molar-refractivity contribution in [1.82, 2.24) is 15.5 Å². The van der Waals surface area contributed by atoms with Crippen molar-refractivity contribution in [2.75, 3.05) is 13.7 Å². The highest BCUT2D eigenvalue weighted by Crippen LogP contribution is 2.31. The summed E-state index contributed by atoms with van der Waals surface area (Å²) in [5.41, 5.74) is 1.92. The van der Waals surface area contributed by atoms with Crippen molar-refractivity contribution in [2.45, 2.75) is 33.2 Å². The van der Waals surface area contributed by atoms with E-state index in [0.717, 1.165) is 17.5 Å². The van der Waals surface area contributed by atoms with Gasteiger partial charge in [0, 0.05) is 24.0 Å². The zero-order valence-electron chi connectivity index (χ0n) is 17.7. The number of nitrogens with zero attached hydrogens (tertiary/aromatic N) is 2. The minimum absolute atomic E-state index is 0.217. The van der Waals surface area contributed by atoms with Crippen molar-refractivity contribution in [3.8, 4) is 22.8 Å². The number of ether oxygens (including phenoxy) is 2. The summed E-state index contributed by atoms with van der Waals surface area (Å²) < 4.78 is 16.6. The molecule has 30 heavy (non-hydrogen) atoms. The molecule has 1 aromatic carbocycles. The molecule has 0 spiro atoms. The van der Waals surface area contributed by atoms with Crippen molar-refractivity contribution in [3.05, 3.63) is 60.0 Å². The zero-order valence-corrected chi connectivity index (χ0v) is 17.7. The van der Waals surface area contributed by atoms with E-state index in [0.29, 0.717) is 29.8 Å². The fraction of sp³-hybridized carbons (Fsp3) is 0.348. The van der Waals surface area contributed by atoms with Gasteiger partial charge in [0.2, 0.25) is 0 Å². The number of amides is 1. The molecule has 0 saturated carbocycles. The lowest BCUT2D eigenvalue weighted by Crippen LogP contribution is -2.26. The Morgan fingerprint density at radius 3 is 2.57 bits per heavy atom. The van der Waals surface area contributed by atoms with Gasteiger partial charge in [-0.1, -0.05) is 25.1 Å². The molecule has 0 aliphatic carbocycles. The van der Waals surface area contributed by atoms with E-state index in [1.54, 1.807) is 37.7 Å². The molecular weight excluding hydrogens is 382 g/mol. The minimum atomic E-state index is -0.317. The molecule has 1 atom stereocenters. The summed E-state index contributed by atoms with van der Waals surface area (Å²) in [5, 5.41) is 6.82. The van der Waals surface area contributed by atoms with Crippen LogP contribution in [0.5, 0.6) is 11.5 Å². The van der Waals surface area contributed by atoms with Crippen LogP contribution < -0.4 is 14.8 Å². The van der Waals surface area contributed by atoms with Gasteiger partial charge in [-0.05, 0) is 49.1 Å². The van der Waals surface area contributed by atoms with Crippen molar-refractivity contribution < 1.29 is 18.8 Å². The Hall–Kier alpha value is -3.35. The molecule has 0 fully saturated rings. The summed E-state index contributed by atoms with van der Waals surface area (Å²) in [6.07, 6.45) is 4.28. The highest BCUT2D eigenvalue weighted by molar-refractivity contribution is 5.93. The Bertz CT molecular complexity index is 970. The van der Waals surface area contributed by atoms with E-state index in [1.165, 1.54) is 0 Å². The van der Waals surface area contributed by atoms with Gasteiger partial charge in [0.15, 0.2) is 23.0 Å². The summed E-state index contributed by atoms with van der Waals surface area (Å²) >= 11 is 0. The number of carbonyl (C=O) groups is 1. The molecule has 1 unspecified atom stereocenters. The molecule has 7 heteroatoms. The lowest BCUT2D eigenvalue weighted by atomic mass is 10.1. The van der Waals surface area contributed by atoms with E-state index in [-0.39, 0.29) is 17.6 Å². The van der Waals surface area contributed by atoms with Crippen LogP contribution >= 0.6 is 0 Å². The summed E-state index contributed by atoms with van der Waals surface area (Å²) in [6.45, 7) is 6.84. The lowest BCUT2D eigenvalue weighted by molar-refractivity contribution is 0.0930. The SMILES string of the molecule is COc1cc(C(C)NC(=O)c2cc(-c3ccncc3)on2)ccc1OCCC(C)C. The number of pyridine rings is 1. The van der Waals surface area contributed by atoms with E-state index < -0.39 is 0 Å². The van der Waals surface area contributed by atoms with Gasteiger partial charge in [-0.3, -0.25) is 9.78 Å². The third-order valence-electron chi connectivity index (χ3n) is 4.70. The minimum Gasteiger partial charge on any atom is -0.493 e. The molecule has 2 heterocycles. The molecule has 3 rings (SSSR count). The summed E-state index contributed by atoms with van der Waals surface area (Å²) in [6, 6.07) is 10.6. The van der Waals surface area contributed by atoms with Crippen LogP contribution in [-0.4, -0.2) is 29.8 Å².